The zero-order chi connectivity index (χ0) is 19.7. The number of nitrogens with zero attached hydrogens (tertiary/aromatic N) is 1. The third-order valence-electron chi connectivity index (χ3n) is 5.34. The fourth-order valence-corrected chi connectivity index (χ4v) is 3.97. The van der Waals surface area contributed by atoms with Gasteiger partial charge in [0.15, 0.2) is 23.0 Å². The van der Waals surface area contributed by atoms with Gasteiger partial charge in [0.25, 0.3) is 0 Å². The third-order valence-corrected chi connectivity index (χ3v) is 5.34. The van der Waals surface area contributed by atoms with Crippen LogP contribution in [0.1, 0.15) is 22.6 Å². The van der Waals surface area contributed by atoms with Crippen LogP contribution < -0.4 is 18.9 Å². The summed E-state index contributed by atoms with van der Waals surface area (Å²) < 4.78 is 22.2. The first-order valence-electron chi connectivity index (χ1n) is 9.11. The van der Waals surface area contributed by atoms with Gasteiger partial charge in [-0.2, -0.15) is 0 Å². The van der Waals surface area contributed by atoms with E-state index in [0.717, 1.165) is 29.0 Å². The minimum absolute atomic E-state index is 0.173. The molecule has 5 nitrogen and oxygen atoms in total. The molecule has 2 aromatic carbocycles. The van der Waals surface area contributed by atoms with Gasteiger partial charge in [0.2, 0.25) is 0 Å². The number of hydrogen-bond donors (Lipinski definition) is 0. The largest absolute Gasteiger partial charge is 0.493 e. The van der Waals surface area contributed by atoms with Crippen LogP contribution in [0, 0.1) is 0 Å². The van der Waals surface area contributed by atoms with Crippen molar-refractivity contribution in [2.45, 2.75) is 12.3 Å². The van der Waals surface area contributed by atoms with Crippen molar-refractivity contribution in [2.24, 2.45) is 0 Å². The first-order valence-corrected chi connectivity index (χ1v) is 9.11. The number of rotatable bonds is 6. The smallest absolute Gasteiger partial charge is 0.161 e. The van der Waals surface area contributed by atoms with E-state index in [1.165, 1.54) is 16.7 Å². The van der Waals surface area contributed by atoms with E-state index in [2.05, 4.69) is 29.2 Å². The quantitative estimate of drug-likeness (QED) is 0.634. The fourth-order valence-electron chi connectivity index (χ4n) is 3.97. The molecular formula is C23H23NO4. The summed E-state index contributed by atoms with van der Waals surface area (Å²) in [5.74, 6) is 3.06. The summed E-state index contributed by atoms with van der Waals surface area (Å²) in [5.41, 5.74) is 5.91. The Morgan fingerprint density at radius 2 is 1.11 bits per heavy atom. The first kappa shape index (κ1) is 18.2. The summed E-state index contributed by atoms with van der Waals surface area (Å²) >= 11 is 0. The highest BCUT2D eigenvalue weighted by atomic mass is 16.5. The first-order chi connectivity index (χ1) is 13.7. The summed E-state index contributed by atoms with van der Waals surface area (Å²) in [6.07, 6.45) is 4.51. The zero-order valence-corrected chi connectivity index (χ0v) is 16.5. The van der Waals surface area contributed by atoms with E-state index in [-0.39, 0.29) is 5.92 Å². The van der Waals surface area contributed by atoms with Crippen molar-refractivity contribution >= 4 is 0 Å². The molecule has 1 aliphatic carbocycles. The molecule has 0 saturated heterocycles. The molecule has 3 aromatic rings. The zero-order valence-electron chi connectivity index (χ0n) is 16.5. The maximum absolute atomic E-state index is 5.56. The lowest BCUT2D eigenvalue weighted by atomic mass is 9.90. The Kier molecular flexibility index (Phi) is 4.82. The highest BCUT2D eigenvalue weighted by molar-refractivity contribution is 5.83. The lowest BCUT2D eigenvalue weighted by molar-refractivity contribution is 0.354. The molecule has 0 unspecified atom stereocenters. The maximum Gasteiger partial charge on any atom is 0.161 e. The number of aromatic nitrogens is 1. The molecule has 4 rings (SSSR count). The number of methoxy groups -OCH3 is 4. The Morgan fingerprint density at radius 3 is 1.54 bits per heavy atom. The Morgan fingerprint density at radius 1 is 0.679 bits per heavy atom. The highest BCUT2D eigenvalue weighted by Crippen LogP contribution is 2.52. The molecule has 0 N–H and O–H groups in total. The van der Waals surface area contributed by atoms with Crippen molar-refractivity contribution in [3.8, 4) is 34.1 Å². The number of fused-ring (bicyclic) bond motifs is 3. The van der Waals surface area contributed by atoms with Gasteiger partial charge in [0.05, 0.1) is 28.4 Å². The molecule has 144 valence electrons. The van der Waals surface area contributed by atoms with E-state index in [1.807, 2.05) is 24.5 Å². The molecule has 0 bridgehead atoms. The van der Waals surface area contributed by atoms with Gasteiger partial charge in [0.1, 0.15) is 0 Å². The third kappa shape index (κ3) is 2.93. The van der Waals surface area contributed by atoms with Crippen LogP contribution in [0.3, 0.4) is 0 Å². The van der Waals surface area contributed by atoms with Gasteiger partial charge in [-0.25, -0.2) is 0 Å². The number of ether oxygens (including phenoxy) is 4. The average Bonchev–Trinajstić information content (AvgIpc) is 3.04. The molecule has 0 fully saturated rings. The van der Waals surface area contributed by atoms with Crippen LogP contribution in [0.2, 0.25) is 0 Å². The normalized spacial score (nSPS) is 12.3. The van der Waals surface area contributed by atoms with Crippen LogP contribution >= 0.6 is 0 Å². The van der Waals surface area contributed by atoms with Crippen molar-refractivity contribution < 1.29 is 18.9 Å². The van der Waals surface area contributed by atoms with E-state index < -0.39 is 0 Å². The Bertz CT molecular complexity index is 940. The van der Waals surface area contributed by atoms with E-state index in [9.17, 15) is 0 Å². The van der Waals surface area contributed by atoms with Crippen LogP contribution in [0.4, 0.5) is 0 Å². The van der Waals surface area contributed by atoms with Gasteiger partial charge < -0.3 is 18.9 Å². The molecule has 0 amide bonds. The monoisotopic (exact) mass is 377 g/mol. The standard InChI is InChI=1S/C23H23NO4/c1-25-20-10-16-15(9-14-5-7-24-8-6-14)17-11-21(26-2)23(28-4)13-19(17)18(16)12-22(20)27-3/h5-8,10-13,15H,9H2,1-4H3. The molecule has 1 aromatic heterocycles. The lowest BCUT2D eigenvalue weighted by Crippen LogP contribution is -2.03. The van der Waals surface area contributed by atoms with Crippen molar-refractivity contribution in [3.05, 3.63) is 65.5 Å². The Hall–Kier alpha value is -3.21. The number of benzene rings is 2. The molecule has 0 radical (unpaired) electrons. The predicted molar refractivity (Wildman–Crippen MR) is 108 cm³/mol. The van der Waals surface area contributed by atoms with Crippen LogP contribution in [0.25, 0.3) is 11.1 Å². The molecule has 5 heteroatoms. The average molecular weight is 377 g/mol. The predicted octanol–water partition coefficient (Wildman–Crippen LogP) is 4.47. The fraction of sp³-hybridized carbons (Fsp3) is 0.261. The minimum atomic E-state index is 0.173. The Labute approximate surface area is 164 Å². The summed E-state index contributed by atoms with van der Waals surface area (Å²) in [5, 5.41) is 0. The lowest BCUT2D eigenvalue weighted by Gasteiger charge is -2.16. The van der Waals surface area contributed by atoms with Crippen LogP contribution in [0.15, 0.2) is 48.8 Å². The molecule has 1 heterocycles. The molecule has 28 heavy (non-hydrogen) atoms. The summed E-state index contributed by atoms with van der Waals surface area (Å²) in [6, 6.07) is 12.4. The summed E-state index contributed by atoms with van der Waals surface area (Å²) in [7, 11) is 6.64. The van der Waals surface area contributed by atoms with Gasteiger partial charge in [-0.3, -0.25) is 4.98 Å². The van der Waals surface area contributed by atoms with Gasteiger partial charge in [-0.05, 0) is 70.6 Å². The topological polar surface area (TPSA) is 49.8 Å². The van der Waals surface area contributed by atoms with Crippen molar-refractivity contribution in [3.63, 3.8) is 0 Å². The SMILES string of the molecule is COc1cc2c(cc1OC)C(Cc1ccncc1)c1cc(OC)c(OC)cc1-2. The molecule has 0 aliphatic heterocycles. The number of hydrogen-bond acceptors (Lipinski definition) is 5. The minimum Gasteiger partial charge on any atom is -0.493 e. The summed E-state index contributed by atoms with van der Waals surface area (Å²) in [4.78, 5) is 4.14. The van der Waals surface area contributed by atoms with Crippen LogP contribution in [0.5, 0.6) is 23.0 Å². The molecular weight excluding hydrogens is 354 g/mol. The van der Waals surface area contributed by atoms with E-state index >= 15 is 0 Å². The van der Waals surface area contributed by atoms with Gasteiger partial charge in [0, 0.05) is 18.3 Å². The van der Waals surface area contributed by atoms with E-state index in [0.29, 0.717) is 11.5 Å². The van der Waals surface area contributed by atoms with Gasteiger partial charge in [-0.15, -0.1) is 0 Å². The van der Waals surface area contributed by atoms with Gasteiger partial charge >= 0.3 is 0 Å². The van der Waals surface area contributed by atoms with Gasteiger partial charge in [-0.1, -0.05) is 0 Å². The van der Waals surface area contributed by atoms with Crippen LogP contribution in [-0.4, -0.2) is 33.4 Å². The number of pyridine rings is 1. The van der Waals surface area contributed by atoms with Crippen molar-refractivity contribution in [1.29, 1.82) is 0 Å². The van der Waals surface area contributed by atoms with E-state index in [1.54, 1.807) is 28.4 Å². The molecule has 0 saturated carbocycles. The highest BCUT2D eigenvalue weighted by Gasteiger charge is 2.32. The molecule has 0 spiro atoms. The maximum atomic E-state index is 5.56. The second kappa shape index (κ2) is 7.43. The molecule has 1 aliphatic rings. The van der Waals surface area contributed by atoms with Crippen LogP contribution in [-0.2, 0) is 6.42 Å². The second-order valence-electron chi connectivity index (χ2n) is 6.70. The van der Waals surface area contributed by atoms with E-state index in [4.69, 9.17) is 18.9 Å². The molecule has 0 atom stereocenters. The van der Waals surface area contributed by atoms with Crippen molar-refractivity contribution in [1.82, 2.24) is 4.98 Å². The summed E-state index contributed by atoms with van der Waals surface area (Å²) in [6.45, 7) is 0. The van der Waals surface area contributed by atoms with Crippen molar-refractivity contribution in [2.75, 3.05) is 28.4 Å². The Balaban J connectivity index is 1.92. The second-order valence-corrected chi connectivity index (χ2v) is 6.70.